The quantitative estimate of drug-likeness (QED) is 0.129. The largest absolute Gasteiger partial charge is 0.481 e. The van der Waals surface area contributed by atoms with Gasteiger partial charge in [-0.2, -0.15) is 0 Å². The predicted molar refractivity (Wildman–Crippen MR) is 174 cm³/mol. The Morgan fingerprint density at radius 2 is 1.27 bits per heavy atom. The fourth-order valence-electron chi connectivity index (χ4n) is 7.61. The first kappa shape index (κ1) is 34.9. The Kier molecular flexibility index (Phi) is 18.7. The Morgan fingerprint density at radius 1 is 0.775 bits per heavy atom. The average molecular weight is 555 g/mol. The first-order valence-electron chi connectivity index (χ1n) is 17.8. The van der Waals surface area contributed by atoms with Crippen molar-refractivity contribution in [2.45, 2.75) is 181 Å². The van der Waals surface area contributed by atoms with Crippen LogP contribution in [0.2, 0.25) is 0 Å². The van der Waals surface area contributed by atoms with E-state index >= 15 is 0 Å². The molecule has 0 spiro atoms. The molecule has 1 aromatic rings. The average Bonchev–Trinajstić information content (AvgIpc) is 2.96. The van der Waals surface area contributed by atoms with E-state index in [-0.39, 0.29) is 0 Å². The summed E-state index contributed by atoms with van der Waals surface area (Å²) < 4.78 is 0. The van der Waals surface area contributed by atoms with Gasteiger partial charge in [0.1, 0.15) is 0 Å². The Morgan fingerprint density at radius 3 is 1.80 bits per heavy atom. The van der Waals surface area contributed by atoms with E-state index in [1.54, 1.807) is 0 Å². The number of carbonyl (C=O) groups is 1. The van der Waals surface area contributed by atoms with Crippen LogP contribution >= 0.6 is 0 Å². The summed E-state index contributed by atoms with van der Waals surface area (Å²) in [6, 6.07) is 10.9. The van der Waals surface area contributed by atoms with Crippen LogP contribution in [-0.4, -0.2) is 11.1 Å². The number of aliphatic carboxylic acids is 1. The second-order valence-electron chi connectivity index (χ2n) is 13.6. The Labute approximate surface area is 249 Å². The molecule has 1 aliphatic carbocycles. The first-order valence-corrected chi connectivity index (χ1v) is 17.8. The smallest absolute Gasteiger partial charge is 0.309 e. The minimum Gasteiger partial charge on any atom is -0.481 e. The third-order valence-corrected chi connectivity index (χ3v) is 10.2. The molecule has 40 heavy (non-hydrogen) atoms. The molecule has 0 saturated heterocycles. The lowest BCUT2D eigenvalue weighted by Gasteiger charge is -2.45. The fourth-order valence-corrected chi connectivity index (χ4v) is 7.61. The van der Waals surface area contributed by atoms with Crippen LogP contribution in [0.15, 0.2) is 30.3 Å². The number of benzene rings is 1. The fraction of sp³-hybridized carbons (Fsp3) is 0.816. The molecule has 4 atom stereocenters. The molecule has 0 radical (unpaired) electrons. The molecule has 1 aromatic carbocycles. The maximum absolute atomic E-state index is 13.0. The summed E-state index contributed by atoms with van der Waals surface area (Å²) in [4.78, 5) is 13.0. The molecule has 0 amide bonds. The van der Waals surface area contributed by atoms with E-state index in [2.05, 4.69) is 51.1 Å². The van der Waals surface area contributed by atoms with Crippen LogP contribution in [0.5, 0.6) is 0 Å². The standard InChI is InChI=1S/C38H66O2/c1-4-6-8-10-12-14-15-16-18-21-25-33(3)32-38(37(39)40)30-29-35(34-26-22-20-23-27-34)31-36(38)28-24-19-17-13-11-9-7-5-2/h20,22-23,26-27,33,35-36H,4-19,21,24-25,28-32H2,1-3H3,(H,39,40). The highest BCUT2D eigenvalue weighted by Crippen LogP contribution is 2.53. The van der Waals surface area contributed by atoms with Crippen LogP contribution in [-0.2, 0) is 4.79 Å². The van der Waals surface area contributed by atoms with E-state index in [9.17, 15) is 9.90 Å². The minimum absolute atomic E-state index is 0.305. The van der Waals surface area contributed by atoms with Gasteiger partial charge in [0.05, 0.1) is 5.41 Å². The summed E-state index contributed by atoms with van der Waals surface area (Å²) in [6.07, 6.45) is 30.3. The van der Waals surface area contributed by atoms with Crippen molar-refractivity contribution in [2.75, 3.05) is 0 Å². The maximum atomic E-state index is 13.0. The summed E-state index contributed by atoms with van der Waals surface area (Å²) in [7, 11) is 0. The van der Waals surface area contributed by atoms with E-state index in [4.69, 9.17) is 0 Å². The van der Waals surface area contributed by atoms with Crippen molar-refractivity contribution in [1.82, 2.24) is 0 Å². The number of hydrogen-bond donors (Lipinski definition) is 1. The van der Waals surface area contributed by atoms with Crippen molar-refractivity contribution in [1.29, 1.82) is 0 Å². The highest BCUT2D eigenvalue weighted by molar-refractivity contribution is 5.75. The molecule has 2 nitrogen and oxygen atoms in total. The highest BCUT2D eigenvalue weighted by Gasteiger charge is 2.49. The predicted octanol–water partition coefficient (Wildman–Crippen LogP) is 12.5. The SMILES string of the molecule is CCCCCCCCCCCCC(C)CC1(C(=O)O)CCC(c2ccccc2)CC1CCCCCCCCCC. The molecule has 0 aliphatic heterocycles. The summed E-state index contributed by atoms with van der Waals surface area (Å²) >= 11 is 0. The normalized spacial score (nSPS) is 21.9. The third-order valence-electron chi connectivity index (χ3n) is 10.2. The number of rotatable bonds is 24. The molecular weight excluding hydrogens is 488 g/mol. The van der Waals surface area contributed by atoms with E-state index in [1.165, 1.54) is 128 Å². The van der Waals surface area contributed by atoms with Gasteiger partial charge in [-0.25, -0.2) is 0 Å². The second kappa shape index (κ2) is 21.4. The van der Waals surface area contributed by atoms with Gasteiger partial charge >= 0.3 is 5.97 Å². The van der Waals surface area contributed by atoms with E-state index < -0.39 is 11.4 Å². The third kappa shape index (κ3) is 13.1. The molecule has 230 valence electrons. The number of carboxylic acids is 1. The lowest BCUT2D eigenvalue weighted by Crippen LogP contribution is -2.44. The molecule has 0 heterocycles. The number of hydrogen-bond acceptors (Lipinski definition) is 1. The molecule has 2 rings (SSSR count). The zero-order valence-corrected chi connectivity index (χ0v) is 26.9. The van der Waals surface area contributed by atoms with Gasteiger partial charge in [0, 0.05) is 0 Å². The van der Waals surface area contributed by atoms with Crippen molar-refractivity contribution in [3.8, 4) is 0 Å². The van der Waals surface area contributed by atoms with Crippen molar-refractivity contribution >= 4 is 5.97 Å². The molecule has 1 saturated carbocycles. The van der Waals surface area contributed by atoms with Gasteiger partial charge in [-0.3, -0.25) is 4.79 Å². The molecule has 2 heteroatoms. The van der Waals surface area contributed by atoms with Crippen LogP contribution in [0.4, 0.5) is 0 Å². The van der Waals surface area contributed by atoms with Gasteiger partial charge in [0.25, 0.3) is 0 Å². The number of unbranched alkanes of at least 4 members (excludes halogenated alkanes) is 16. The second-order valence-corrected chi connectivity index (χ2v) is 13.6. The van der Waals surface area contributed by atoms with Gasteiger partial charge in [0.2, 0.25) is 0 Å². The van der Waals surface area contributed by atoms with Crippen LogP contribution in [0.1, 0.15) is 186 Å². The van der Waals surface area contributed by atoms with Crippen molar-refractivity contribution < 1.29 is 9.90 Å². The van der Waals surface area contributed by atoms with Gasteiger partial charge in [0.15, 0.2) is 0 Å². The molecule has 1 N–H and O–H groups in total. The van der Waals surface area contributed by atoms with E-state index in [0.717, 1.165) is 32.1 Å². The topological polar surface area (TPSA) is 37.3 Å². The summed E-state index contributed by atoms with van der Waals surface area (Å²) in [5.74, 6) is 0.821. The van der Waals surface area contributed by atoms with Crippen molar-refractivity contribution in [3.63, 3.8) is 0 Å². The zero-order chi connectivity index (χ0) is 28.9. The Bertz CT molecular complexity index is 743. The van der Waals surface area contributed by atoms with Crippen molar-refractivity contribution in [2.24, 2.45) is 17.3 Å². The lowest BCUT2D eigenvalue weighted by molar-refractivity contribution is -0.158. The van der Waals surface area contributed by atoms with Crippen LogP contribution in [0, 0.1) is 17.3 Å². The van der Waals surface area contributed by atoms with Gasteiger partial charge < -0.3 is 5.11 Å². The number of carboxylic acid groups (broad SMARTS) is 1. The molecular formula is C38H66O2. The van der Waals surface area contributed by atoms with Gasteiger partial charge in [-0.05, 0) is 55.4 Å². The first-order chi connectivity index (χ1) is 19.5. The van der Waals surface area contributed by atoms with E-state index in [0.29, 0.717) is 17.8 Å². The van der Waals surface area contributed by atoms with Crippen molar-refractivity contribution in [3.05, 3.63) is 35.9 Å². The molecule has 1 fully saturated rings. The minimum atomic E-state index is -0.524. The maximum Gasteiger partial charge on any atom is 0.309 e. The summed E-state index contributed by atoms with van der Waals surface area (Å²) in [5.41, 5.74) is 0.894. The highest BCUT2D eigenvalue weighted by atomic mass is 16.4. The molecule has 0 aromatic heterocycles. The Hall–Kier alpha value is -1.31. The van der Waals surface area contributed by atoms with E-state index in [1.807, 2.05) is 0 Å². The van der Waals surface area contributed by atoms with Gasteiger partial charge in [-0.15, -0.1) is 0 Å². The molecule has 1 aliphatic rings. The van der Waals surface area contributed by atoms with Crippen LogP contribution < -0.4 is 0 Å². The van der Waals surface area contributed by atoms with Crippen LogP contribution in [0.25, 0.3) is 0 Å². The summed E-state index contributed by atoms with van der Waals surface area (Å²) in [6.45, 7) is 6.90. The summed E-state index contributed by atoms with van der Waals surface area (Å²) in [5, 5.41) is 10.7. The Balaban J connectivity index is 1.87. The molecule has 0 bridgehead atoms. The lowest BCUT2D eigenvalue weighted by atomic mass is 9.58. The zero-order valence-electron chi connectivity index (χ0n) is 26.9. The molecule has 4 unspecified atom stereocenters. The van der Waals surface area contributed by atoms with Gasteiger partial charge in [-0.1, -0.05) is 173 Å². The van der Waals surface area contributed by atoms with Crippen LogP contribution in [0.3, 0.4) is 0 Å². The monoisotopic (exact) mass is 555 g/mol.